The maximum absolute atomic E-state index is 10.4. The number of nitrogens with one attached hydrogen (secondary N) is 1. The maximum Gasteiger partial charge on any atom is 0.231 e. The van der Waals surface area contributed by atoms with Crippen molar-refractivity contribution < 1.29 is 9.53 Å². The van der Waals surface area contributed by atoms with Gasteiger partial charge in [0.1, 0.15) is 0 Å². The van der Waals surface area contributed by atoms with E-state index in [0.29, 0.717) is 12.6 Å². The van der Waals surface area contributed by atoms with E-state index in [4.69, 9.17) is 10.5 Å². The molecule has 1 aliphatic heterocycles. The summed E-state index contributed by atoms with van der Waals surface area (Å²) >= 11 is 0. The SMILES string of the molecule is NC(=O)CNC1CCCOC1. The van der Waals surface area contributed by atoms with E-state index in [1.54, 1.807) is 0 Å². The minimum Gasteiger partial charge on any atom is -0.380 e. The number of primary amides is 1. The zero-order valence-electron chi connectivity index (χ0n) is 6.51. The molecule has 4 nitrogen and oxygen atoms in total. The third kappa shape index (κ3) is 3.34. The fraction of sp³-hybridized carbons (Fsp3) is 0.857. The van der Waals surface area contributed by atoms with Crippen molar-refractivity contribution in [2.24, 2.45) is 5.73 Å². The molecule has 1 saturated heterocycles. The summed E-state index contributed by atoms with van der Waals surface area (Å²) in [6.07, 6.45) is 2.14. The summed E-state index contributed by atoms with van der Waals surface area (Å²) in [6.45, 7) is 1.80. The molecule has 0 aromatic rings. The van der Waals surface area contributed by atoms with E-state index in [9.17, 15) is 4.79 Å². The number of amides is 1. The number of ether oxygens (including phenoxy) is 1. The first-order valence-electron chi connectivity index (χ1n) is 3.88. The third-order valence-electron chi connectivity index (χ3n) is 1.73. The molecule has 0 spiro atoms. The summed E-state index contributed by atoms with van der Waals surface area (Å²) in [7, 11) is 0. The van der Waals surface area contributed by atoms with Gasteiger partial charge < -0.3 is 15.8 Å². The molecular weight excluding hydrogens is 144 g/mol. The quantitative estimate of drug-likeness (QED) is 0.567. The van der Waals surface area contributed by atoms with Gasteiger partial charge in [-0.15, -0.1) is 0 Å². The topological polar surface area (TPSA) is 64.4 Å². The van der Waals surface area contributed by atoms with Gasteiger partial charge in [-0.3, -0.25) is 4.79 Å². The van der Waals surface area contributed by atoms with E-state index in [1.165, 1.54) is 0 Å². The van der Waals surface area contributed by atoms with Crippen molar-refractivity contribution in [1.29, 1.82) is 0 Å². The van der Waals surface area contributed by atoms with Gasteiger partial charge in [-0.05, 0) is 12.8 Å². The molecule has 0 saturated carbocycles. The van der Waals surface area contributed by atoms with Crippen molar-refractivity contribution >= 4 is 5.91 Å². The van der Waals surface area contributed by atoms with Crippen LogP contribution in [0.5, 0.6) is 0 Å². The highest BCUT2D eigenvalue weighted by Gasteiger charge is 2.12. The van der Waals surface area contributed by atoms with Crippen LogP contribution in [0.3, 0.4) is 0 Å². The Morgan fingerprint density at radius 2 is 2.55 bits per heavy atom. The molecule has 1 amide bonds. The summed E-state index contributed by atoms with van der Waals surface area (Å²) in [6, 6.07) is 0.316. The number of carbonyl (C=O) groups excluding carboxylic acids is 1. The molecule has 0 radical (unpaired) electrons. The molecule has 1 rings (SSSR count). The molecule has 1 fully saturated rings. The number of hydrogen-bond donors (Lipinski definition) is 2. The van der Waals surface area contributed by atoms with E-state index < -0.39 is 0 Å². The predicted molar refractivity (Wildman–Crippen MR) is 41.0 cm³/mol. The Balaban J connectivity index is 2.09. The Hall–Kier alpha value is -0.610. The van der Waals surface area contributed by atoms with E-state index in [1.807, 2.05) is 0 Å². The first-order chi connectivity index (χ1) is 5.29. The molecule has 64 valence electrons. The third-order valence-corrected chi connectivity index (χ3v) is 1.73. The zero-order valence-corrected chi connectivity index (χ0v) is 6.51. The monoisotopic (exact) mass is 158 g/mol. The summed E-state index contributed by atoms with van der Waals surface area (Å²) in [5, 5.41) is 3.02. The van der Waals surface area contributed by atoms with Crippen LogP contribution in [0.25, 0.3) is 0 Å². The van der Waals surface area contributed by atoms with Crippen molar-refractivity contribution in [3.8, 4) is 0 Å². The molecule has 1 atom stereocenters. The summed E-state index contributed by atoms with van der Waals surface area (Å²) in [5.41, 5.74) is 4.97. The molecule has 1 unspecified atom stereocenters. The van der Waals surface area contributed by atoms with Crippen LogP contribution in [-0.4, -0.2) is 31.7 Å². The van der Waals surface area contributed by atoms with Gasteiger partial charge in [0.05, 0.1) is 13.2 Å². The van der Waals surface area contributed by atoms with E-state index >= 15 is 0 Å². The Bertz CT molecular complexity index is 132. The van der Waals surface area contributed by atoms with Crippen LogP contribution < -0.4 is 11.1 Å². The standard InChI is InChI=1S/C7H14N2O2/c8-7(10)4-9-6-2-1-3-11-5-6/h6,9H,1-5H2,(H2,8,10). The van der Waals surface area contributed by atoms with Gasteiger partial charge in [-0.1, -0.05) is 0 Å². The number of rotatable bonds is 3. The fourth-order valence-electron chi connectivity index (χ4n) is 1.15. The Morgan fingerprint density at radius 3 is 3.09 bits per heavy atom. The Labute approximate surface area is 66.1 Å². The Morgan fingerprint density at radius 1 is 1.73 bits per heavy atom. The second-order valence-corrected chi connectivity index (χ2v) is 2.76. The predicted octanol–water partition coefficient (Wildman–Crippen LogP) is -0.760. The highest BCUT2D eigenvalue weighted by molar-refractivity contribution is 5.75. The number of hydrogen-bond acceptors (Lipinski definition) is 3. The van der Waals surface area contributed by atoms with Crippen LogP contribution in [0, 0.1) is 0 Å². The molecule has 1 heterocycles. The van der Waals surface area contributed by atoms with Crippen LogP contribution in [0.15, 0.2) is 0 Å². The second-order valence-electron chi connectivity index (χ2n) is 2.76. The largest absolute Gasteiger partial charge is 0.380 e. The first kappa shape index (κ1) is 8.49. The van der Waals surface area contributed by atoms with Crippen LogP contribution >= 0.6 is 0 Å². The number of carbonyl (C=O) groups is 1. The minimum absolute atomic E-state index is 0.258. The van der Waals surface area contributed by atoms with Gasteiger partial charge >= 0.3 is 0 Å². The second kappa shape index (κ2) is 4.31. The van der Waals surface area contributed by atoms with Gasteiger partial charge in [0.15, 0.2) is 0 Å². The summed E-state index contributed by atoms with van der Waals surface area (Å²) in [5.74, 6) is -0.310. The van der Waals surface area contributed by atoms with Crippen LogP contribution in [0.1, 0.15) is 12.8 Å². The molecule has 4 heteroatoms. The molecule has 0 bridgehead atoms. The molecule has 1 aliphatic rings. The average molecular weight is 158 g/mol. The lowest BCUT2D eigenvalue weighted by Gasteiger charge is -2.22. The average Bonchev–Trinajstić information content (AvgIpc) is 2.03. The van der Waals surface area contributed by atoms with Crippen LogP contribution in [0.4, 0.5) is 0 Å². The maximum atomic E-state index is 10.4. The van der Waals surface area contributed by atoms with Crippen LogP contribution in [0.2, 0.25) is 0 Å². The Kier molecular flexibility index (Phi) is 3.32. The van der Waals surface area contributed by atoms with Crippen molar-refractivity contribution in [3.63, 3.8) is 0 Å². The first-order valence-corrected chi connectivity index (χ1v) is 3.88. The van der Waals surface area contributed by atoms with Gasteiger partial charge in [0.2, 0.25) is 5.91 Å². The normalized spacial score (nSPS) is 24.9. The van der Waals surface area contributed by atoms with Gasteiger partial charge in [-0.25, -0.2) is 0 Å². The number of nitrogens with two attached hydrogens (primary N) is 1. The van der Waals surface area contributed by atoms with Crippen molar-refractivity contribution in [3.05, 3.63) is 0 Å². The molecule has 0 aromatic heterocycles. The molecule has 0 aromatic carbocycles. The zero-order chi connectivity index (χ0) is 8.10. The lowest BCUT2D eigenvalue weighted by molar-refractivity contribution is -0.117. The van der Waals surface area contributed by atoms with Crippen molar-refractivity contribution in [2.45, 2.75) is 18.9 Å². The molecule has 0 aliphatic carbocycles. The van der Waals surface area contributed by atoms with Gasteiger partial charge in [0.25, 0.3) is 0 Å². The van der Waals surface area contributed by atoms with E-state index in [2.05, 4.69) is 5.32 Å². The lowest BCUT2D eigenvalue weighted by atomic mass is 10.1. The van der Waals surface area contributed by atoms with Crippen LogP contribution in [-0.2, 0) is 9.53 Å². The highest BCUT2D eigenvalue weighted by Crippen LogP contribution is 2.04. The summed E-state index contributed by atoms with van der Waals surface area (Å²) < 4.78 is 5.20. The van der Waals surface area contributed by atoms with Crippen molar-refractivity contribution in [2.75, 3.05) is 19.8 Å². The molecule has 11 heavy (non-hydrogen) atoms. The smallest absolute Gasteiger partial charge is 0.231 e. The fourth-order valence-corrected chi connectivity index (χ4v) is 1.15. The van der Waals surface area contributed by atoms with Gasteiger partial charge in [0, 0.05) is 12.6 Å². The lowest BCUT2D eigenvalue weighted by Crippen LogP contribution is -2.41. The van der Waals surface area contributed by atoms with Crippen molar-refractivity contribution in [1.82, 2.24) is 5.32 Å². The highest BCUT2D eigenvalue weighted by atomic mass is 16.5. The summed E-state index contributed by atoms with van der Waals surface area (Å²) in [4.78, 5) is 10.4. The van der Waals surface area contributed by atoms with Gasteiger partial charge in [-0.2, -0.15) is 0 Å². The van der Waals surface area contributed by atoms with E-state index in [0.717, 1.165) is 19.4 Å². The molecular formula is C7H14N2O2. The minimum atomic E-state index is -0.310. The molecule has 3 N–H and O–H groups in total. The van der Waals surface area contributed by atoms with E-state index in [-0.39, 0.29) is 12.5 Å².